The van der Waals surface area contributed by atoms with Crippen LogP contribution in [0, 0.1) is 0 Å². The summed E-state index contributed by atoms with van der Waals surface area (Å²) in [4.78, 5) is 14.6. The average Bonchev–Trinajstić information content (AvgIpc) is 3.30. The third-order valence-electron chi connectivity index (χ3n) is 4.31. The van der Waals surface area contributed by atoms with E-state index in [-0.39, 0.29) is 12.1 Å². The minimum atomic E-state index is -0.181. The molecule has 5 nitrogen and oxygen atoms in total. The van der Waals surface area contributed by atoms with Crippen LogP contribution < -0.4 is 15.4 Å². The Bertz CT molecular complexity index is 637. The first-order valence-electron chi connectivity index (χ1n) is 8.21. The largest absolute Gasteiger partial charge is 0.497 e. The van der Waals surface area contributed by atoms with E-state index in [1.807, 2.05) is 24.3 Å². The van der Waals surface area contributed by atoms with Gasteiger partial charge in [0, 0.05) is 12.2 Å². The first kappa shape index (κ1) is 16.8. The molecular formula is C18H23N3O2S. The van der Waals surface area contributed by atoms with Gasteiger partial charge in [-0.1, -0.05) is 0 Å². The van der Waals surface area contributed by atoms with E-state index in [0.29, 0.717) is 6.54 Å². The van der Waals surface area contributed by atoms with E-state index in [4.69, 9.17) is 4.74 Å². The number of thiophene rings is 1. The first-order chi connectivity index (χ1) is 11.8. The minimum absolute atomic E-state index is 0.181. The molecule has 0 radical (unpaired) electrons. The van der Waals surface area contributed by atoms with Crippen LogP contribution in [0.5, 0.6) is 5.75 Å². The highest BCUT2D eigenvalue weighted by Crippen LogP contribution is 2.26. The van der Waals surface area contributed by atoms with Gasteiger partial charge in [0.15, 0.2) is 0 Å². The maximum Gasteiger partial charge on any atom is 0.319 e. The van der Waals surface area contributed by atoms with Gasteiger partial charge in [0.2, 0.25) is 0 Å². The Balaban J connectivity index is 1.56. The highest BCUT2D eigenvalue weighted by Gasteiger charge is 2.24. The fourth-order valence-electron chi connectivity index (χ4n) is 3.01. The molecule has 1 aliphatic rings. The maximum absolute atomic E-state index is 12.2. The van der Waals surface area contributed by atoms with Gasteiger partial charge in [0.25, 0.3) is 0 Å². The number of anilines is 1. The topological polar surface area (TPSA) is 53.6 Å². The van der Waals surface area contributed by atoms with Gasteiger partial charge in [-0.05, 0) is 72.6 Å². The third kappa shape index (κ3) is 4.27. The number of methoxy groups -OCH3 is 1. The molecule has 24 heavy (non-hydrogen) atoms. The summed E-state index contributed by atoms with van der Waals surface area (Å²) in [6.07, 6.45) is 2.47. The van der Waals surface area contributed by atoms with Crippen LogP contribution in [0.2, 0.25) is 0 Å². The Morgan fingerprint density at radius 2 is 2.00 bits per heavy atom. The van der Waals surface area contributed by atoms with E-state index < -0.39 is 0 Å². The Kier molecular flexibility index (Phi) is 5.72. The molecule has 1 unspecified atom stereocenters. The van der Waals surface area contributed by atoms with E-state index in [1.165, 1.54) is 18.4 Å². The van der Waals surface area contributed by atoms with E-state index in [0.717, 1.165) is 24.5 Å². The second-order valence-corrected chi connectivity index (χ2v) is 6.66. The molecule has 128 valence electrons. The number of hydrogen-bond acceptors (Lipinski definition) is 4. The van der Waals surface area contributed by atoms with Crippen molar-refractivity contribution in [3.05, 3.63) is 46.7 Å². The summed E-state index contributed by atoms with van der Waals surface area (Å²) >= 11 is 1.70. The van der Waals surface area contributed by atoms with Gasteiger partial charge in [0.05, 0.1) is 13.2 Å². The minimum Gasteiger partial charge on any atom is -0.497 e. The molecule has 2 N–H and O–H groups in total. The zero-order valence-electron chi connectivity index (χ0n) is 13.8. The molecule has 1 fully saturated rings. The molecule has 0 saturated carbocycles. The van der Waals surface area contributed by atoms with E-state index in [1.54, 1.807) is 18.4 Å². The van der Waals surface area contributed by atoms with Gasteiger partial charge >= 0.3 is 6.03 Å². The second kappa shape index (κ2) is 8.17. The van der Waals surface area contributed by atoms with Gasteiger partial charge in [-0.2, -0.15) is 11.3 Å². The molecule has 0 bridgehead atoms. The highest BCUT2D eigenvalue weighted by atomic mass is 32.1. The molecule has 2 amide bonds. The molecule has 1 aromatic heterocycles. The number of carbonyl (C=O) groups is 1. The number of nitrogens with zero attached hydrogens (tertiary/aromatic N) is 1. The molecular weight excluding hydrogens is 322 g/mol. The number of amides is 2. The Labute approximate surface area is 146 Å². The fourth-order valence-corrected chi connectivity index (χ4v) is 3.72. The van der Waals surface area contributed by atoms with Crippen LogP contribution in [0.15, 0.2) is 41.1 Å². The predicted octanol–water partition coefficient (Wildman–Crippen LogP) is 3.72. The van der Waals surface area contributed by atoms with Crippen LogP contribution >= 0.6 is 11.3 Å². The summed E-state index contributed by atoms with van der Waals surface area (Å²) in [5.74, 6) is 0.771. The number of hydrogen-bond donors (Lipinski definition) is 2. The summed E-state index contributed by atoms with van der Waals surface area (Å²) < 4.78 is 5.12. The predicted molar refractivity (Wildman–Crippen MR) is 97.9 cm³/mol. The number of rotatable bonds is 6. The zero-order chi connectivity index (χ0) is 16.8. The van der Waals surface area contributed by atoms with Crippen LogP contribution in [-0.2, 0) is 0 Å². The molecule has 1 aliphatic heterocycles. The average molecular weight is 345 g/mol. The standard InChI is InChI=1S/C18H23N3O2S/c1-23-16-6-4-15(5-7-16)20-18(22)19-12-17(14-8-11-24-13-14)21-9-2-3-10-21/h4-8,11,13,17H,2-3,9-10,12H2,1H3,(H2,19,20,22). The van der Waals surface area contributed by atoms with Gasteiger partial charge in [-0.3, -0.25) is 4.90 Å². The van der Waals surface area contributed by atoms with Crippen molar-refractivity contribution in [3.8, 4) is 5.75 Å². The molecule has 0 aliphatic carbocycles. The van der Waals surface area contributed by atoms with Gasteiger partial charge in [-0.25, -0.2) is 4.79 Å². The Morgan fingerprint density at radius 1 is 1.25 bits per heavy atom. The van der Waals surface area contributed by atoms with Gasteiger partial charge in [0.1, 0.15) is 5.75 Å². The van der Waals surface area contributed by atoms with Crippen molar-refractivity contribution < 1.29 is 9.53 Å². The van der Waals surface area contributed by atoms with E-state index in [9.17, 15) is 4.79 Å². The molecule has 1 atom stereocenters. The SMILES string of the molecule is COc1ccc(NC(=O)NCC(c2ccsc2)N2CCCC2)cc1. The van der Waals surface area contributed by atoms with E-state index in [2.05, 4.69) is 32.4 Å². The lowest BCUT2D eigenvalue weighted by molar-refractivity contribution is 0.228. The van der Waals surface area contributed by atoms with Crippen molar-refractivity contribution in [2.24, 2.45) is 0 Å². The number of urea groups is 1. The van der Waals surface area contributed by atoms with Crippen molar-refractivity contribution in [1.29, 1.82) is 0 Å². The van der Waals surface area contributed by atoms with Crippen LogP contribution in [0.1, 0.15) is 24.4 Å². The monoisotopic (exact) mass is 345 g/mol. The third-order valence-corrected chi connectivity index (χ3v) is 5.01. The zero-order valence-corrected chi connectivity index (χ0v) is 14.6. The number of benzene rings is 1. The van der Waals surface area contributed by atoms with Crippen LogP contribution in [0.3, 0.4) is 0 Å². The summed E-state index contributed by atoms with van der Waals surface area (Å²) in [7, 11) is 1.62. The Morgan fingerprint density at radius 3 is 2.62 bits per heavy atom. The van der Waals surface area contributed by atoms with Gasteiger partial charge < -0.3 is 15.4 Å². The summed E-state index contributed by atoms with van der Waals surface area (Å²) in [5, 5.41) is 10.1. The molecule has 3 rings (SSSR count). The van der Waals surface area contributed by atoms with Crippen LogP contribution in [0.25, 0.3) is 0 Å². The van der Waals surface area contributed by atoms with Crippen molar-refractivity contribution in [2.45, 2.75) is 18.9 Å². The number of likely N-dealkylation sites (tertiary alicyclic amines) is 1. The van der Waals surface area contributed by atoms with Crippen molar-refractivity contribution in [2.75, 3.05) is 32.1 Å². The first-order valence-corrected chi connectivity index (χ1v) is 9.15. The highest BCUT2D eigenvalue weighted by molar-refractivity contribution is 7.07. The molecule has 1 aromatic carbocycles. The van der Waals surface area contributed by atoms with Crippen molar-refractivity contribution in [3.63, 3.8) is 0 Å². The lowest BCUT2D eigenvalue weighted by Crippen LogP contribution is -2.38. The van der Waals surface area contributed by atoms with Crippen LogP contribution in [0.4, 0.5) is 10.5 Å². The molecule has 1 saturated heterocycles. The quantitative estimate of drug-likeness (QED) is 0.839. The summed E-state index contributed by atoms with van der Waals surface area (Å²) in [6.45, 7) is 2.81. The molecule has 2 aromatic rings. The maximum atomic E-state index is 12.2. The van der Waals surface area contributed by atoms with Crippen LogP contribution in [-0.4, -0.2) is 37.7 Å². The molecule has 6 heteroatoms. The van der Waals surface area contributed by atoms with Gasteiger partial charge in [-0.15, -0.1) is 0 Å². The fraction of sp³-hybridized carbons (Fsp3) is 0.389. The van der Waals surface area contributed by atoms with E-state index >= 15 is 0 Å². The smallest absolute Gasteiger partial charge is 0.319 e. The number of carbonyl (C=O) groups excluding carboxylic acids is 1. The van der Waals surface area contributed by atoms with Crippen molar-refractivity contribution in [1.82, 2.24) is 10.2 Å². The number of nitrogens with one attached hydrogen (secondary N) is 2. The summed E-state index contributed by atoms with van der Waals surface area (Å²) in [6, 6.07) is 9.53. The normalized spacial score (nSPS) is 15.9. The second-order valence-electron chi connectivity index (χ2n) is 5.88. The Hall–Kier alpha value is -2.05. The van der Waals surface area contributed by atoms with Crippen molar-refractivity contribution >= 4 is 23.1 Å². The lowest BCUT2D eigenvalue weighted by atomic mass is 10.1. The summed E-state index contributed by atoms with van der Waals surface area (Å²) in [5.41, 5.74) is 2.04. The molecule has 0 spiro atoms. The lowest BCUT2D eigenvalue weighted by Gasteiger charge is -2.27. The molecule has 2 heterocycles. The number of ether oxygens (including phenoxy) is 1.